The highest BCUT2D eigenvalue weighted by atomic mass is 16.4. The average Bonchev–Trinajstić information content (AvgIpc) is 2.15. The molecule has 0 aromatic rings. The van der Waals surface area contributed by atoms with Crippen LogP contribution in [0.2, 0.25) is 0 Å². The van der Waals surface area contributed by atoms with Gasteiger partial charge in [-0.3, -0.25) is 4.79 Å². The first-order valence-electron chi connectivity index (χ1n) is 5.50. The van der Waals surface area contributed by atoms with E-state index in [2.05, 4.69) is 6.92 Å². The SMILES string of the molecule is CC1(C(CN)CC(=O)O)CCCCC1. The van der Waals surface area contributed by atoms with Crippen molar-refractivity contribution in [3.63, 3.8) is 0 Å². The lowest BCUT2D eigenvalue weighted by Crippen LogP contribution is -2.36. The first-order valence-corrected chi connectivity index (χ1v) is 5.50. The van der Waals surface area contributed by atoms with Gasteiger partial charge in [0.2, 0.25) is 0 Å². The number of carbonyl (C=O) groups is 1. The third kappa shape index (κ3) is 2.71. The van der Waals surface area contributed by atoms with Gasteiger partial charge in [-0.15, -0.1) is 0 Å². The van der Waals surface area contributed by atoms with E-state index in [1.165, 1.54) is 19.3 Å². The molecule has 1 fully saturated rings. The molecule has 82 valence electrons. The van der Waals surface area contributed by atoms with Crippen molar-refractivity contribution in [3.05, 3.63) is 0 Å². The first kappa shape index (κ1) is 11.5. The number of carboxylic acid groups (broad SMARTS) is 1. The number of rotatable bonds is 4. The molecule has 0 aliphatic heterocycles. The Labute approximate surface area is 85.7 Å². The van der Waals surface area contributed by atoms with Gasteiger partial charge >= 0.3 is 5.97 Å². The van der Waals surface area contributed by atoms with Crippen LogP contribution < -0.4 is 5.73 Å². The Morgan fingerprint density at radius 2 is 2.00 bits per heavy atom. The lowest BCUT2D eigenvalue weighted by atomic mass is 9.66. The standard InChI is InChI=1S/C11H21NO2/c1-11(5-3-2-4-6-11)9(8-12)7-10(13)14/h9H,2-8,12H2,1H3,(H,13,14). The molecule has 1 unspecified atom stereocenters. The van der Waals surface area contributed by atoms with Gasteiger partial charge in [0, 0.05) is 6.42 Å². The van der Waals surface area contributed by atoms with Crippen molar-refractivity contribution in [2.24, 2.45) is 17.1 Å². The van der Waals surface area contributed by atoms with Crippen molar-refractivity contribution >= 4 is 5.97 Å². The summed E-state index contributed by atoms with van der Waals surface area (Å²) in [5, 5.41) is 8.80. The van der Waals surface area contributed by atoms with Crippen LogP contribution in [-0.4, -0.2) is 17.6 Å². The maximum atomic E-state index is 10.7. The lowest BCUT2D eigenvalue weighted by Gasteiger charge is -2.39. The van der Waals surface area contributed by atoms with Crippen LogP contribution in [0.4, 0.5) is 0 Å². The molecule has 1 saturated carbocycles. The number of hydrogen-bond donors (Lipinski definition) is 2. The maximum Gasteiger partial charge on any atom is 0.303 e. The predicted octanol–water partition coefficient (Wildman–Crippen LogP) is 2.01. The lowest BCUT2D eigenvalue weighted by molar-refractivity contribution is -0.139. The first-order chi connectivity index (χ1) is 6.58. The number of carboxylic acids is 1. The fraction of sp³-hybridized carbons (Fsp3) is 0.909. The molecule has 0 saturated heterocycles. The van der Waals surface area contributed by atoms with E-state index in [0.717, 1.165) is 12.8 Å². The Balaban J connectivity index is 2.60. The van der Waals surface area contributed by atoms with Crippen molar-refractivity contribution in [1.29, 1.82) is 0 Å². The number of hydrogen-bond acceptors (Lipinski definition) is 2. The summed E-state index contributed by atoms with van der Waals surface area (Å²) in [6.45, 7) is 2.70. The van der Waals surface area contributed by atoms with Gasteiger partial charge in [0.15, 0.2) is 0 Å². The molecule has 3 nitrogen and oxygen atoms in total. The Hall–Kier alpha value is -0.570. The summed E-state index contributed by atoms with van der Waals surface area (Å²) >= 11 is 0. The highest BCUT2D eigenvalue weighted by Crippen LogP contribution is 2.43. The Morgan fingerprint density at radius 3 is 2.43 bits per heavy atom. The summed E-state index contributed by atoms with van der Waals surface area (Å²) in [7, 11) is 0. The Bertz CT molecular complexity index is 197. The zero-order valence-corrected chi connectivity index (χ0v) is 8.96. The summed E-state index contributed by atoms with van der Waals surface area (Å²) in [6, 6.07) is 0. The predicted molar refractivity (Wildman–Crippen MR) is 56.0 cm³/mol. The second-order valence-corrected chi connectivity index (χ2v) is 4.75. The van der Waals surface area contributed by atoms with Crippen LogP contribution in [0.1, 0.15) is 45.4 Å². The summed E-state index contributed by atoms with van der Waals surface area (Å²) in [4.78, 5) is 10.7. The molecule has 1 aliphatic rings. The molecule has 3 heteroatoms. The molecule has 14 heavy (non-hydrogen) atoms. The zero-order chi connectivity index (χ0) is 10.6. The van der Waals surface area contributed by atoms with Crippen molar-refractivity contribution in [2.45, 2.75) is 45.4 Å². The molecular formula is C11H21NO2. The molecule has 0 heterocycles. The normalized spacial score (nSPS) is 23.0. The Morgan fingerprint density at radius 1 is 1.43 bits per heavy atom. The minimum absolute atomic E-state index is 0.153. The molecule has 1 aliphatic carbocycles. The van der Waals surface area contributed by atoms with Crippen LogP contribution in [0, 0.1) is 11.3 Å². The quantitative estimate of drug-likeness (QED) is 0.728. The monoisotopic (exact) mass is 199 g/mol. The van der Waals surface area contributed by atoms with Gasteiger partial charge in [-0.05, 0) is 30.7 Å². The second kappa shape index (κ2) is 4.78. The Kier molecular flexibility index (Phi) is 3.93. The van der Waals surface area contributed by atoms with Crippen LogP contribution in [-0.2, 0) is 4.79 Å². The second-order valence-electron chi connectivity index (χ2n) is 4.75. The molecule has 1 atom stereocenters. The molecule has 0 aromatic heterocycles. The van der Waals surface area contributed by atoms with E-state index in [1.54, 1.807) is 0 Å². The third-order valence-corrected chi connectivity index (χ3v) is 3.69. The van der Waals surface area contributed by atoms with Gasteiger partial charge < -0.3 is 10.8 Å². The minimum atomic E-state index is -0.716. The molecule has 1 rings (SSSR count). The van der Waals surface area contributed by atoms with Gasteiger partial charge in [0.05, 0.1) is 0 Å². The fourth-order valence-electron chi connectivity index (χ4n) is 2.59. The van der Waals surface area contributed by atoms with Crippen molar-refractivity contribution in [1.82, 2.24) is 0 Å². The van der Waals surface area contributed by atoms with Gasteiger partial charge in [0.25, 0.3) is 0 Å². The fourth-order valence-corrected chi connectivity index (χ4v) is 2.59. The average molecular weight is 199 g/mol. The number of nitrogens with two attached hydrogens (primary N) is 1. The summed E-state index contributed by atoms with van der Waals surface area (Å²) in [6.07, 6.45) is 6.26. The largest absolute Gasteiger partial charge is 0.481 e. The van der Waals surface area contributed by atoms with E-state index in [9.17, 15) is 4.79 Å². The molecular weight excluding hydrogens is 178 g/mol. The molecule has 0 radical (unpaired) electrons. The van der Waals surface area contributed by atoms with E-state index in [-0.39, 0.29) is 17.8 Å². The van der Waals surface area contributed by atoms with Gasteiger partial charge in [-0.2, -0.15) is 0 Å². The van der Waals surface area contributed by atoms with Crippen LogP contribution in [0.15, 0.2) is 0 Å². The van der Waals surface area contributed by atoms with Gasteiger partial charge in [-0.25, -0.2) is 0 Å². The smallest absolute Gasteiger partial charge is 0.303 e. The van der Waals surface area contributed by atoms with Crippen LogP contribution in [0.5, 0.6) is 0 Å². The topological polar surface area (TPSA) is 63.3 Å². The zero-order valence-electron chi connectivity index (χ0n) is 8.96. The number of aliphatic carboxylic acids is 1. The van der Waals surface area contributed by atoms with E-state index < -0.39 is 5.97 Å². The molecule has 0 aromatic carbocycles. The van der Waals surface area contributed by atoms with Crippen molar-refractivity contribution in [2.75, 3.05) is 6.54 Å². The van der Waals surface area contributed by atoms with Crippen molar-refractivity contribution in [3.8, 4) is 0 Å². The maximum absolute atomic E-state index is 10.7. The minimum Gasteiger partial charge on any atom is -0.481 e. The molecule has 0 amide bonds. The van der Waals surface area contributed by atoms with Gasteiger partial charge in [-0.1, -0.05) is 26.2 Å². The summed E-state index contributed by atoms with van der Waals surface area (Å²) < 4.78 is 0. The van der Waals surface area contributed by atoms with E-state index in [1.807, 2.05) is 0 Å². The molecule has 0 bridgehead atoms. The van der Waals surface area contributed by atoms with Crippen LogP contribution >= 0.6 is 0 Å². The van der Waals surface area contributed by atoms with Gasteiger partial charge in [0.1, 0.15) is 0 Å². The highest BCUT2D eigenvalue weighted by molar-refractivity contribution is 5.67. The summed E-state index contributed by atoms with van der Waals surface area (Å²) in [5.41, 5.74) is 5.85. The highest BCUT2D eigenvalue weighted by Gasteiger charge is 2.35. The van der Waals surface area contributed by atoms with E-state index in [4.69, 9.17) is 10.8 Å². The van der Waals surface area contributed by atoms with E-state index >= 15 is 0 Å². The molecule has 0 spiro atoms. The van der Waals surface area contributed by atoms with Crippen LogP contribution in [0.25, 0.3) is 0 Å². The van der Waals surface area contributed by atoms with E-state index in [0.29, 0.717) is 6.54 Å². The van der Waals surface area contributed by atoms with Crippen LogP contribution in [0.3, 0.4) is 0 Å². The van der Waals surface area contributed by atoms with Crippen molar-refractivity contribution < 1.29 is 9.90 Å². The summed E-state index contributed by atoms with van der Waals surface area (Å²) in [5.74, 6) is -0.562. The molecule has 3 N–H and O–H groups in total. The third-order valence-electron chi connectivity index (χ3n) is 3.69.